The molecule has 2 heterocycles. The molecule has 25 nitrogen and oxygen atoms in total. The monoisotopic (exact) mass is 1200 g/mol. The SMILES string of the molecule is CC[C@H](C)[C@H](NC(=O)C(C)(C)N(C)C)C(=O)N(C)[C@H](C[C@@H](OC(C)=O)c1nc(C(=O)N[C@@H](Cc2ccc(O)c(NC(=O)CCOCCOCCNC(=O)[C@H](CCCCN)NC(=O)CCCN3C(=O)C=CC3=O)c2)CC(C)C(=O)O)cs1)C(C)C. The molecule has 3 rings (SSSR count). The quantitative estimate of drug-likeness (QED) is 0.0206. The highest BCUT2D eigenvalue weighted by Gasteiger charge is 2.39. The van der Waals surface area contributed by atoms with E-state index in [9.17, 15) is 58.2 Å². The van der Waals surface area contributed by atoms with E-state index in [2.05, 4.69) is 31.6 Å². The topological polar surface area (TPSA) is 348 Å². The highest BCUT2D eigenvalue weighted by atomic mass is 32.1. The average Bonchev–Trinajstić information content (AvgIpc) is 3.71. The number of carboxylic acid groups (broad SMARTS) is 1. The number of imide groups is 1. The van der Waals surface area contributed by atoms with E-state index in [0.717, 1.165) is 16.2 Å². The number of thiazole rings is 1. The Morgan fingerprint density at radius 3 is 2.13 bits per heavy atom. The van der Waals surface area contributed by atoms with E-state index in [1.54, 1.807) is 50.9 Å². The van der Waals surface area contributed by atoms with Crippen molar-refractivity contribution in [1.82, 2.24) is 41.0 Å². The molecule has 2 aromatic rings. The minimum atomic E-state index is -1.09. The molecule has 0 saturated carbocycles. The summed E-state index contributed by atoms with van der Waals surface area (Å²) >= 11 is 1.08. The van der Waals surface area contributed by atoms with E-state index in [0.29, 0.717) is 42.8 Å². The van der Waals surface area contributed by atoms with Gasteiger partial charge in [-0.1, -0.05) is 47.1 Å². The number of phenols is 1. The van der Waals surface area contributed by atoms with Crippen molar-refractivity contribution in [2.24, 2.45) is 23.5 Å². The first kappa shape index (κ1) is 71.4. The molecule has 1 unspecified atom stereocenters. The van der Waals surface area contributed by atoms with Crippen LogP contribution in [0.5, 0.6) is 5.75 Å². The van der Waals surface area contributed by atoms with Crippen LogP contribution in [0.1, 0.15) is 140 Å². The molecule has 84 heavy (non-hydrogen) atoms. The number of rotatable bonds is 39. The van der Waals surface area contributed by atoms with Gasteiger partial charge in [0.25, 0.3) is 17.7 Å². The zero-order valence-corrected chi connectivity index (χ0v) is 51.4. The second kappa shape index (κ2) is 35.4. The van der Waals surface area contributed by atoms with E-state index in [4.69, 9.17) is 19.9 Å². The van der Waals surface area contributed by atoms with Crippen LogP contribution in [-0.4, -0.2) is 186 Å². The summed E-state index contributed by atoms with van der Waals surface area (Å²) in [5.74, 6) is -6.58. The lowest BCUT2D eigenvalue weighted by Gasteiger charge is -2.38. The van der Waals surface area contributed by atoms with Gasteiger partial charge >= 0.3 is 11.9 Å². The molecule has 26 heteroatoms. The molecule has 9 N–H and O–H groups in total. The van der Waals surface area contributed by atoms with E-state index >= 15 is 0 Å². The Kier molecular flexibility index (Phi) is 30.1. The number of likely N-dealkylation sites (N-methyl/N-ethyl adjacent to an activating group) is 2. The molecule has 1 aromatic heterocycles. The van der Waals surface area contributed by atoms with Gasteiger partial charge in [0.2, 0.25) is 29.5 Å². The number of aromatic nitrogens is 1. The molecule has 1 aromatic carbocycles. The molecule has 0 bridgehead atoms. The van der Waals surface area contributed by atoms with Crippen LogP contribution < -0.4 is 32.3 Å². The fraction of sp³-hybridized carbons (Fsp3) is 0.638. The molecular weight excluding hydrogens is 1110 g/mol. The summed E-state index contributed by atoms with van der Waals surface area (Å²) in [5, 5.41) is 36.3. The molecule has 7 atom stereocenters. The van der Waals surface area contributed by atoms with Gasteiger partial charge in [0.05, 0.1) is 50.0 Å². The van der Waals surface area contributed by atoms with Crippen molar-refractivity contribution >= 4 is 76.2 Å². The molecule has 0 spiro atoms. The summed E-state index contributed by atoms with van der Waals surface area (Å²) in [6.45, 7) is 15.0. The third kappa shape index (κ3) is 23.3. The number of hydrogen-bond acceptors (Lipinski definition) is 18. The maximum absolute atomic E-state index is 14.3. The van der Waals surface area contributed by atoms with Crippen LogP contribution in [0.15, 0.2) is 35.7 Å². The number of hydrogen-bond donors (Lipinski definition) is 8. The van der Waals surface area contributed by atoms with Gasteiger partial charge in [0.1, 0.15) is 28.5 Å². The fourth-order valence-electron chi connectivity index (χ4n) is 8.84. The second-order valence-corrected chi connectivity index (χ2v) is 23.0. The predicted octanol–water partition coefficient (Wildman–Crippen LogP) is 3.45. The smallest absolute Gasteiger partial charge is 0.306 e. The summed E-state index contributed by atoms with van der Waals surface area (Å²) < 4.78 is 16.9. The van der Waals surface area contributed by atoms with Crippen LogP contribution in [0, 0.1) is 17.8 Å². The van der Waals surface area contributed by atoms with Crippen LogP contribution >= 0.6 is 11.3 Å². The first-order valence-corrected chi connectivity index (χ1v) is 29.5. The lowest BCUT2D eigenvalue weighted by Crippen LogP contribution is -2.60. The van der Waals surface area contributed by atoms with Crippen molar-refractivity contribution in [2.75, 3.05) is 72.5 Å². The van der Waals surface area contributed by atoms with Crippen LogP contribution in [0.25, 0.3) is 0 Å². The number of carbonyl (C=O) groups excluding carboxylic acids is 9. The fourth-order valence-corrected chi connectivity index (χ4v) is 9.68. The van der Waals surface area contributed by atoms with E-state index in [1.807, 2.05) is 27.7 Å². The predicted molar refractivity (Wildman–Crippen MR) is 314 cm³/mol. The Morgan fingerprint density at radius 1 is 0.857 bits per heavy atom. The van der Waals surface area contributed by atoms with E-state index < -0.39 is 89.1 Å². The number of esters is 1. The lowest BCUT2D eigenvalue weighted by molar-refractivity contribution is -0.149. The number of amides is 8. The summed E-state index contributed by atoms with van der Waals surface area (Å²) in [5.41, 5.74) is 5.32. The van der Waals surface area contributed by atoms with Gasteiger partial charge in [-0.25, -0.2) is 4.98 Å². The Labute approximate surface area is 496 Å². The van der Waals surface area contributed by atoms with E-state index in [1.165, 1.54) is 43.5 Å². The highest BCUT2D eigenvalue weighted by molar-refractivity contribution is 7.09. The molecular formula is C58H90N10O15S. The Bertz CT molecular complexity index is 2570. The maximum Gasteiger partial charge on any atom is 0.306 e. The maximum atomic E-state index is 14.3. The number of aromatic hydroxyl groups is 1. The standard InChI is InChI=1S/C58H90N10O15S/c1-12-36(4)51(65-57(80)58(7,8)66(9)10)55(77)67(11)44(35(2)3)33-46(83-38(6)69)54-64-43(34-84-54)53(76)61-40(30-37(5)56(78)79)31-39-18-19-45(70)42(32-39)63-48(72)22-26-81-28-29-82-27-24-60-52(75)41(16-13-14-23-59)62-47(71)17-15-25-68-49(73)20-21-50(68)74/h18-21,32,34-37,40-41,44,46,51,70H,12-17,22-31,33,59H2,1-11H3,(H,60,75)(H,61,76)(H,62,71)(H,63,72)(H,65,80)(H,78,79)/t36-,37?,40+,41-,44+,46+,51-/m0/s1. The molecule has 1 aliphatic rings. The summed E-state index contributed by atoms with van der Waals surface area (Å²) in [6, 6.07) is 1.53. The Morgan fingerprint density at radius 2 is 1.52 bits per heavy atom. The van der Waals surface area contributed by atoms with E-state index in [-0.39, 0.29) is 119 Å². The normalized spacial score (nSPS) is 15.0. The van der Waals surface area contributed by atoms with Crippen molar-refractivity contribution in [2.45, 2.75) is 155 Å². The van der Waals surface area contributed by atoms with Crippen molar-refractivity contribution in [3.8, 4) is 5.75 Å². The van der Waals surface area contributed by atoms with Crippen LogP contribution in [0.2, 0.25) is 0 Å². The number of phenolic OH excluding ortho intramolecular Hbond substituents is 1. The molecule has 468 valence electrons. The Balaban J connectivity index is 1.57. The molecule has 0 saturated heterocycles. The number of carboxylic acids is 1. The van der Waals surface area contributed by atoms with Gasteiger partial charge in [0.15, 0.2) is 6.10 Å². The third-order valence-electron chi connectivity index (χ3n) is 14.7. The number of nitrogens with one attached hydrogen (secondary N) is 5. The number of ether oxygens (including phenoxy) is 3. The molecule has 0 fully saturated rings. The van der Waals surface area contributed by atoms with Gasteiger partial charge < -0.3 is 61.6 Å². The molecule has 1 aliphatic heterocycles. The zero-order valence-electron chi connectivity index (χ0n) is 50.6. The second-order valence-electron chi connectivity index (χ2n) is 22.1. The minimum Gasteiger partial charge on any atom is -0.506 e. The zero-order chi connectivity index (χ0) is 62.8. The molecule has 8 amide bonds. The van der Waals surface area contributed by atoms with Crippen molar-refractivity contribution in [1.29, 1.82) is 0 Å². The summed E-state index contributed by atoms with van der Waals surface area (Å²) in [7, 11) is 5.22. The van der Waals surface area contributed by atoms with Crippen molar-refractivity contribution in [3.63, 3.8) is 0 Å². The number of nitrogens with zero attached hydrogens (tertiary/aromatic N) is 4. The molecule has 0 radical (unpaired) electrons. The van der Waals surface area contributed by atoms with Gasteiger partial charge in [0, 0.05) is 69.5 Å². The number of carbonyl (C=O) groups is 10. The number of benzene rings is 1. The van der Waals surface area contributed by atoms with Crippen LogP contribution in [-0.2, 0) is 63.8 Å². The van der Waals surface area contributed by atoms with Crippen molar-refractivity contribution in [3.05, 3.63) is 52.0 Å². The summed E-state index contributed by atoms with van der Waals surface area (Å²) in [6.07, 6.45) is 3.97. The van der Waals surface area contributed by atoms with Gasteiger partial charge in [-0.15, -0.1) is 11.3 Å². The average molecular weight is 1200 g/mol. The third-order valence-corrected chi connectivity index (χ3v) is 15.7. The largest absolute Gasteiger partial charge is 0.506 e. The van der Waals surface area contributed by atoms with Crippen LogP contribution in [0.4, 0.5) is 5.69 Å². The van der Waals surface area contributed by atoms with Gasteiger partial charge in [-0.2, -0.15) is 0 Å². The summed E-state index contributed by atoms with van der Waals surface area (Å²) in [4.78, 5) is 137. The highest BCUT2D eigenvalue weighted by Crippen LogP contribution is 2.32. The number of unbranched alkanes of at least 4 members (excludes halogenated alkanes) is 1. The minimum absolute atomic E-state index is 0.000588. The first-order valence-electron chi connectivity index (χ1n) is 28.6. The van der Waals surface area contributed by atoms with Crippen molar-refractivity contribution < 1.29 is 72.4 Å². The lowest BCUT2D eigenvalue weighted by atomic mass is 9.92. The number of anilines is 1. The first-order chi connectivity index (χ1) is 39.6. The number of aliphatic carboxylic acids is 1. The van der Waals surface area contributed by atoms with Gasteiger partial charge in [-0.05, 0) is 103 Å². The molecule has 0 aliphatic carbocycles. The van der Waals surface area contributed by atoms with Crippen LogP contribution in [0.3, 0.4) is 0 Å². The number of nitrogens with two attached hydrogens (primary N) is 1. The Hall–Kier alpha value is -6.87. The van der Waals surface area contributed by atoms with Gasteiger partial charge in [-0.3, -0.25) is 57.7 Å².